The first-order valence-corrected chi connectivity index (χ1v) is 7.44. The quantitative estimate of drug-likeness (QED) is 0.735. The molecule has 0 amide bonds. The van der Waals surface area contributed by atoms with Gasteiger partial charge in [0.2, 0.25) is 0 Å². The first kappa shape index (κ1) is 14.4. The van der Waals surface area contributed by atoms with Crippen LogP contribution in [0, 0.1) is 13.8 Å². The Balaban J connectivity index is 1.83. The Morgan fingerprint density at radius 1 is 1.14 bits per heavy atom. The predicted molar refractivity (Wildman–Crippen MR) is 91.7 cm³/mol. The molecule has 0 unspecified atom stereocenters. The summed E-state index contributed by atoms with van der Waals surface area (Å²) in [5, 5.41) is 4.28. The van der Waals surface area contributed by atoms with Gasteiger partial charge in [0.1, 0.15) is 0 Å². The molecule has 0 atom stereocenters. The van der Waals surface area contributed by atoms with Crippen LogP contribution in [0.4, 0.5) is 5.69 Å². The highest BCUT2D eigenvalue weighted by atomic mass is 16.1. The van der Waals surface area contributed by atoms with Crippen molar-refractivity contribution in [3.8, 4) is 0 Å². The lowest BCUT2D eigenvalue weighted by Crippen LogP contribution is -2.14. The van der Waals surface area contributed by atoms with Crippen LogP contribution in [0.5, 0.6) is 0 Å². The van der Waals surface area contributed by atoms with Crippen molar-refractivity contribution in [3.05, 3.63) is 65.4 Å². The third-order valence-electron chi connectivity index (χ3n) is 4.03. The van der Waals surface area contributed by atoms with Crippen LogP contribution in [0.25, 0.3) is 10.9 Å². The summed E-state index contributed by atoms with van der Waals surface area (Å²) in [6, 6.07) is 14.2. The summed E-state index contributed by atoms with van der Waals surface area (Å²) in [6.45, 7) is 4.40. The molecule has 0 fully saturated rings. The van der Waals surface area contributed by atoms with Crippen LogP contribution in [-0.2, 0) is 7.05 Å². The summed E-state index contributed by atoms with van der Waals surface area (Å²) in [5.74, 6) is 0.109. The molecule has 1 aromatic heterocycles. The lowest BCUT2D eigenvalue weighted by Gasteiger charge is -2.09. The Hall–Kier alpha value is -2.55. The van der Waals surface area contributed by atoms with Gasteiger partial charge in [-0.1, -0.05) is 30.3 Å². The van der Waals surface area contributed by atoms with Crippen LogP contribution in [-0.4, -0.2) is 16.9 Å². The lowest BCUT2D eigenvalue weighted by atomic mass is 10.1. The van der Waals surface area contributed by atoms with Gasteiger partial charge in [0.25, 0.3) is 0 Å². The average molecular weight is 292 g/mol. The zero-order valence-electron chi connectivity index (χ0n) is 13.2. The topological polar surface area (TPSA) is 34.0 Å². The predicted octanol–water partition coefficient (Wildman–Crippen LogP) is 4.09. The molecule has 0 saturated heterocycles. The molecule has 0 aliphatic carbocycles. The van der Waals surface area contributed by atoms with Gasteiger partial charge < -0.3 is 9.88 Å². The van der Waals surface area contributed by atoms with Crippen LogP contribution in [0.1, 0.15) is 21.5 Å². The highest BCUT2D eigenvalue weighted by Crippen LogP contribution is 2.21. The van der Waals surface area contributed by atoms with E-state index in [4.69, 9.17) is 0 Å². The minimum atomic E-state index is 0.109. The summed E-state index contributed by atoms with van der Waals surface area (Å²) >= 11 is 0. The second-order valence-corrected chi connectivity index (χ2v) is 5.77. The van der Waals surface area contributed by atoms with E-state index in [9.17, 15) is 4.79 Å². The lowest BCUT2D eigenvalue weighted by molar-refractivity contribution is 0.101. The fourth-order valence-corrected chi connectivity index (χ4v) is 2.76. The van der Waals surface area contributed by atoms with Crippen molar-refractivity contribution < 1.29 is 4.79 Å². The minimum absolute atomic E-state index is 0.109. The summed E-state index contributed by atoms with van der Waals surface area (Å²) in [5.41, 5.74) is 5.21. The van der Waals surface area contributed by atoms with Gasteiger partial charge in [0.05, 0.1) is 6.54 Å². The van der Waals surface area contributed by atoms with E-state index >= 15 is 0 Å². The molecule has 1 N–H and O–H groups in total. The molecule has 1 heterocycles. The van der Waals surface area contributed by atoms with Crippen molar-refractivity contribution in [1.29, 1.82) is 0 Å². The number of fused-ring (bicyclic) bond motifs is 1. The number of nitrogens with zero attached hydrogens (tertiary/aromatic N) is 1. The van der Waals surface area contributed by atoms with E-state index in [2.05, 4.69) is 30.4 Å². The third-order valence-corrected chi connectivity index (χ3v) is 4.03. The Morgan fingerprint density at radius 2 is 1.91 bits per heavy atom. The maximum Gasteiger partial charge on any atom is 0.184 e. The highest BCUT2D eigenvalue weighted by Gasteiger charge is 2.13. The first-order valence-electron chi connectivity index (χ1n) is 7.44. The summed E-state index contributed by atoms with van der Waals surface area (Å²) in [6.07, 6.45) is 1.91. The molecule has 0 aliphatic rings. The van der Waals surface area contributed by atoms with Gasteiger partial charge >= 0.3 is 0 Å². The maximum atomic E-state index is 12.6. The van der Waals surface area contributed by atoms with Crippen LogP contribution < -0.4 is 5.32 Å². The molecule has 3 heteroatoms. The molecule has 22 heavy (non-hydrogen) atoms. The molecule has 112 valence electrons. The van der Waals surface area contributed by atoms with E-state index in [0.717, 1.165) is 27.7 Å². The number of para-hydroxylation sites is 1. The number of benzene rings is 2. The molecule has 0 radical (unpaired) electrons. The second-order valence-electron chi connectivity index (χ2n) is 5.77. The van der Waals surface area contributed by atoms with E-state index in [-0.39, 0.29) is 5.78 Å². The van der Waals surface area contributed by atoms with Gasteiger partial charge in [-0.3, -0.25) is 4.79 Å². The fourth-order valence-electron chi connectivity index (χ4n) is 2.76. The minimum Gasteiger partial charge on any atom is -0.377 e. The number of anilines is 1. The number of Topliss-reactive ketones (excluding diaryl/α,β-unsaturated/α-hetero) is 1. The Morgan fingerprint density at radius 3 is 2.73 bits per heavy atom. The zero-order chi connectivity index (χ0) is 15.7. The van der Waals surface area contributed by atoms with Crippen LogP contribution in [0.15, 0.2) is 48.7 Å². The fraction of sp³-hybridized carbons (Fsp3) is 0.211. The monoisotopic (exact) mass is 292 g/mol. The molecule has 3 rings (SSSR count). The largest absolute Gasteiger partial charge is 0.377 e. The number of carbonyl (C=O) groups excluding carboxylic acids is 1. The number of hydrogen-bond acceptors (Lipinski definition) is 2. The van der Waals surface area contributed by atoms with E-state index < -0.39 is 0 Å². The normalized spacial score (nSPS) is 10.9. The van der Waals surface area contributed by atoms with Crippen LogP contribution >= 0.6 is 0 Å². The second kappa shape index (κ2) is 5.68. The number of ketones is 1. The van der Waals surface area contributed by atoms with Gasteiger partial charge in [0, 0.05) is 35.4 Å². The van der Waals surface area contributed by atoms with E-state index in [1.165, 1.54) is 5.56 Å². The van der Waals surface area contributed by atoms with E-state index in [1.807, 2.05) is 49.0 Å². The number of aryl methyl sites for hydroxylation is 3. The number of aromatic nitrogens is 1. The van der Waals surface area contributed by atoms with Gasteiger partial charge in [-0.2, -0.15) is 0 Å². The molecule has 0 spiro atoms. The number of hydrogen-bond donors (Lipinski definition) is 1. The number of nitrogens with one attached hydrogen (secondary N) is 1. The van der Waals surface area contributed by atoms with Crippen molar-refractivity contribution in [2.75, 3.05) is 11.9 Å². The van der Waals surface area contributed by atoms with Gasteiger partial charge in [-0.05, 0) is 37.1 Å². The van der Waals surface area contributed by atoms with Crippen molar-refractivity contribution in [2.45, 2.75) is 13.8 Å². The molecule has 3 nitrogen and oxygen atoms in total. The van der Waals surface area contributed by atoms with Crippen molar-refractivity contribution in [2.24, 2.45) is 7.05 Å². The van der Waals surface area contributed by atoms with Gasteiger partial charge in [-0.15, -0.1) is 0 Å². The molecular formula is C19H20N2O. The molecule has 0 aliphatic heterocycles. The van der Waals surface area contributed by atoms with Gasteiger partial charge in [-0.25, -0.2) is 0 Å². The first-order chi connectivity index (χ1) is 10.6. The Kier molecular flexibility index (Phi) is 3.72. The van der Waals surface area contributed by atoms with Gasteiger partial charge in [0.15, 0.2) is 5.78 Å². The van der Waals surface area contributed by atoms with Crippen molar-refractivity contribution in [1.82, 2.24) is 4.57 Å². The molecule has 2 aromatic carbocycles. The molecule has 0 saturated carbocycles. The Bertz CT molecular complexity index is 846. The number of carbonyl (C=O) groups is 1. The van der Waals surface area contributed by atoms with Crippen molar-refractivity contribution in [3.63, 3.8) is 0 Å². The van der Waals surface area contributed by atoms with Crippen LogP contribution in [0.2, 0.25) is 0 Å². The van der Waals surface area contributed by atoms with Crippen molar-refractivity contribution >= 4 is 22.4 Å². The van der Waals surface area contributed by atoms with Crippen LogP contribution in [0.3, 0.4) is 0 Å². The number of rotatable bonds is 4. The summed E-state index contributed by atoms with van der Waals surface area (Å²) in [7, 11) is 1.97. The summed E-state index contributed by atoms with van der Waals surface area (Å²) < 4.78 is 2.00. The summed E-state index contributed by atoms with van der Waals surface area (Å²) in [4.78, 5) is 12.6. The average Bonchev–Trinajstić information content (AvgIpc) is 2.86. The SMILES string of the molecule is Cc1ccc(C)c(NCC(=O)c2cn(C)c3ccccc23)c1. The maximum absolute atomic E-state index is 12.6. The third kappa shape index (κ3) is 2.62. The molecular weight excluding hydrogens is 272 g/mol. The highest BCUT2D eigenvalue weighted by molar-refractivity contribution is 6.09. The Labute approximate surface area is 130 Å². The molecule has 3 aromatic rings. The smallest absolute Gasteiger partial charge is 0.184 e. The van der Waals surface area contributed by atoms with E-state index in [0.29, 0.717) is 6.54 Å². The van der Waals surface area contributed by atoms with E-state index in [1.54, 1.807) is 0 Å². The molecule has 0 bridgehead atoms. The standard InChI is InChI=1S/C19H20N2O/c1-13-8-9-14(2)17(10-13)20-11-19(22)16-12-21(3)18-7-5-4-6-15(16)18/h4-10,12,20H,11H2,1-3H3. The zero-order valence-corrected chi connectivity index (χ0v) is 13.2.